The molecule has 5 nitrogen and oxygen atoms in total. The third kappa shape index (κ3) is 8.99. The summed E-state index contributed by atoms with van der Waals surface area (Å²) < 4.78 is 5.95. The molecule has 0 saturated heterocycles. The summed E-state index contributed by atoms with van der Waals surface area (Å²) in [5, 5.41) is 8.92. The molecule has 1 heterocycles. The summed E-state index contributed by atoms with van der Waals surface area (Å²) in [5.41, 5.74) is 1.85. The van der Waals surface area contributed by atoms with Crippen molar-refractivity contribution < 1.29 is 9.53 Å². The zero-order valence-corrected chi connectivity index (χ0v) is 17.8. The van der Waals surface area contributed by atoms with E-state index in [9.17, 15) is 4.79 Å². The predicted octanol–water partition coefficient (Wildman–Crippen LogP) is 3.31. The second-order valence-electron chi connectivity index (χ2n) is 4.92. The van der Waals surface area contributed by atoms with Crippen LogP contribution in [0, 0.1) is 0 Å². The standard InChI is InChI=1S/C16H20BrN3O2S.2ClH/c1-22-8-7-18-5-6-19-15(21)10-14-11-23-16(20-14)12-3-2-4-13(17)9-12;;/h2-4,9,11,18H,5-8,10H2,1H3,(H,19,21);2*1H. The molecule has 1 aromatic carbocycles. The molecule has 0 fully saturated rings. The van der Waals surface area contributed by atoms with Gasteiger partial charge >= 0.3 is 0 Å². The minimum absolute atomic E-state index is 0. The summed E-state index contributed by atoms with van der Waals surface area (Å²) in [6.45, 7) is 2.79. The van der Waals surface area contributed by atoms with E-state index in [0.29, 0.717) is 19.6 Å². The lowest BCUT2D eigenvalue weighted by Crippen LogP contribution is -2.33. The minimum Gasteiger partial charge on any atom is -0.383 e. The molecule has 1 aromatic heterocycles. The van der Waals surface area contributed by atoms with Gasteiger partial charge in [0.1, 0.15) is 5.01 Å². The van der Waals surface area contributed by atoms with Crippen LogP contribution >= 0.6 is 52.1 Å². The number of ether oxygens (including phenoxy) is 1. The van der Waals surface area contributed by atoms with Crippen LogP contribution in [0.5, 0.6) is 0 Å². The molecule has 2 N–H and O–H groups in total. The molecule has 2 aromatic rings. The second-order valence-corrected chi connectivity index (χ2v) is 6.70. The molecule has 0 spiro atoms. The maximum atomic E-state index is 11.9. The van der Waals surface area contributed by atoms with Crippen LogP contribution in [0.2, 0.25) is 0 Å². The molecule has 2 rings (SSSR count). The number of thiazole rings is 1. The molecule has 25 heavy (non-hydrogen) atoms. The number of hydrogen-bond donors (Lipinski definition) is 2. The highest BCUT2D eigenvalue weighted by molar-refractivity contribution is 9.10. The first-order valence-corrected chi connectivity index (χ1v) is 9.03. The van der Waals surface area contributed by atoms with E-state index in [1.807, 2.05) is 29.6 Å². The van der Waals surface area contributed by atoms with E-state index in [2.05, 4.69) is 31.5 Å². The number of hydrogen-bond acceptors (Lipinski definition) is 5. The van der Waals surface area contributed by atoms with Crippen LogP contribution < -0.4 is 10.6 Å². The average molecular weight is 471 g/mol. The van der Waals surface area contributed by atoms with Gasteiger partial charge in [0.05, 0.1) is 18.7 Å². The van der Waals surface area contributed by atoms with E-state index < -0.39 is 0 Å². The Bertz CT molecular complexity index is 643. The van der Waals surface area contributed by atoms with Crippen LogP contribution in [0.15, 0.2) is 34.1 Å². The normalized spacial score (nSPS) is 9.84. The molecule has 9 heteroatoms. The number of nitrogens with one attached hydrogen (secondary N) is 2. The van der Waals surface area contributed by atoms with E-state index in [1.165, 1.54) is 0 Å². The van der Waals surface area contributed by atoms with Gasteiger partial charge < -0.3 is 15.4 Å². The Kier molecular flexibility index (Phi) is 13.1. The Morgan fingerprint density at radius 2 is 2.08 bits per heavy atom. The number of nitrogens with zero attached hydrogens (tertiary/aromatic N) is 1. The summed E-state index contributed by atoms with van der Waals surface area (Å²) in [4.78, 5) is 16.4. The smallest absolute Gasteiger partial charge is 0.226 e. The van der Waals surface area contributed by atoms with Gasteiger partial charge in [-0.2, -0.15) is 0 Å². The van der Waals surface area contributed by atoms with Crippen LogP contribution in [-0.2, 0) is 16.0 Å². The van der Waals surface area contributed by atoms with Crippen molar-refractivity contribution in [3.05, 3.63) is 39.8 Å². The van der Waals surface area contributed by atoms with Crippen molar-refractivity contribution in [3.8, 4) is 10.6 Å². The van der Waals surface area contributed by atoms with E-state index >= 15 is 0 Å². The average Bonchev–Trinajstić information content (AvgIpc) is 2.99. The first-order valence-electron chi connectivity index (χ1n) is 7.35. The highest BCUT2D eigenvalue weighted by Crippen LogP contribution is 2.26. The van der Waals surface area contributed by atoms with Crippen molar-refractivity contribution in [2.45, 2.75) is 6.42 Å². The maximum absolute atomic E-state index is 11.9. The number of carbonyl (C=O) groups is 1. The largest absolute Gasteiger partial charge is 0.383 e. The highest BCUT2D eigenvalue weighted by Gasteiger charge is 2.09. The van der Waals surface area contributed by atoms with E-state index in [-0.39, 0.29) is 30.7 Å². The fourth-order valence-electron chi connectivity index (χ4n) is 1.96. The molecular formula is C16H22BrCl2N3O2S. The fraction of sp³-hybridized carbons (Fsp3) is 0.375. The zero-order chi connectivity index (χ0) is 16.5. The second kappa shape index (κ2) is 13.5. The first kappa shape index (κ1) is 24.3. The number of carbonyl (C=O) groups excluding carboxylic acids is 1. The van der Waals surface area contributed by atoms with Gasteiger partial charge in [-0.25, -0.2) is 4.98 Å². The van der Waals surface area contributed by atoms with E-state index in [1.54, 1.807) is 18.4 Å². The molecule has 0 atom stereocenters. The SMILES string of the molecule is COCCNCCNC(=O)Cc1csc(-c2cccc(Br)c2)n1.Cl.Cl. The maximum Gasteiger partial charge on any atom is 0.226 e. The molecule has 140 valence electrons. The van der Waals surface area contributed by atoms with Crippen LogP contribution in [0.25, 0.3) is 10.6 Å². The zero-order valence-electron chi connectivity index (χ0n) is 13.8. The fourth-order valence-corrected chi connectivity index (χ4v) is 3.17. The van der Waals surface area contributed by atoms with Gasteiger partial charge in [0.2, 0.25) is 5.91 Å². The molecule has 0 bridgehead atoms. The third-order valence-electron chi connectivity index (χ3n) is 3.07. The van der Waals surface area contributed by atoms with Crippen LogP contribution in [0.4, 0.5) is 0 Å². The van der Waals surface area contributed by atoms with E-state index in [4.69, 9.17) is 4.74 Å². The summed E-state index contributed by atoms with van der Waals surface area (Å²) >= 11 is 5.01. The summed E-state index contributed by atoms with van der Waals surface area (Å²) in [5.74, 6) is -0.00960. The van der Waals surface area contributed by atoms with Gasteiger partial charge in [0, 0.05) is 42.2 Å². The van der Waals surface area contributed by atoms with Crippen molar-refractivity contribution in [1.29, 1.82) is 0 Å². The number of methoxy groups -OCH3 is 1. The number of benzene rings is 1. The van der Waals surface area contributed by atoms with Gasteiger partial charge in [-0.05, 0) is 12.1 Å². The van der Waals surface area contributed by atoms with Crippen molar-refractivity contribution in [3.63, 3.8) is 0 Å². The molecule has 0 aliphatic carbocycles. The Labute approximate surface area is 172 Å². The topological polar surface area (TPSA) is 63.2 Å². The lowest BCUT2D eigenvalue weighted by Gasteiger charge is -2.05. The highest BCUT2D eigenvalue weighted by atomic mass is 79.9. The molecule has 0 radical (unpaired) electrons. The molecule has 0 aliphatic rings. The van der Waals surface area contributed by atoms with Crippen LogP contribution in [-0.4, -0.2) is 44.2 Å². The van der Waals surface area contributed by atoms with Crippen LogP contribution in [0.3, 0.4) is 0 Å². The number of rotatable bonds is 9. The summed E-state index contributed by atoms with van der Waals surface area (Å²) in [6, 6.07) is 7.99. The van der Waals surface area contributed by atoms with Gasteiger partial charge in [-0.1, -0.05) is 28.1 Å². The van der Waals surface area contributed by atoms with Gasteiger partial charge in [0.25, 0.3) is 0 Å². The molecule has 0 unspecified atom stereocenters. The lowest BCUT2D eigenvalue weighted by molar-refractivity contribution is -0.120. The predicted molar refractivity (Wildman–Crippen MR) is 111 cm³/mol. The third-order valence-corrected chi connectivity index (χ3v) is 4.51. The Hall–Kier alpha value is -0.700. The number of aromatic nitrogens is 1. The molecular weight excluding hydrogens is 449 g/mol. The number of halogens is 3. The molecule has 0 saturated carbocycles. The van der Waals surface area contributed by atoms with Gasteiger partial charge in [-0.15, -0.1) is 36.2 Å². The van der Waals surface area contributed by atoms with Crippen molar-refractivity contribution >= 4 is 58.0 Å². The summed E-state index contributed by atoms with van der Waals surface area (Å²) in [7, 11) is 1.67. The Balaban J connectivity index is 0.00000288. The van der Waals surface area contributed by atoms with Crippen molar-refractivity contribution in [1.82, 2.24) is 15.6 Å². The van der Waals surface area contributed by atoms with Crippen molar-refractivity contribution in [2.24, 2.45) is 0 Å². The minimum atomic E-state index is -0.00960. The summed E-state index contributed by atoms with van der Waals surface area (Å²) in [6.07, 6.45) is 0.308. The van der Waals surface area contributed by atoms with Crippen LogP contribution in [0.1, 0.15) is 5.69 Å². The monoisotopic (exact) mass is 469 g/mol. The first-order chi connectivity index (χ1) is 11.2. The van der Waals surface area contributed by atoms with Crippen molar-refractivity contribution in [2.75, 3.05) is 33.4 Å². The number of amides is 1. The Morgan fingerprint density at radius 1 is 1.28 bits per heavy atom. The van der Waals surface area contributed by atoms with Gasteiger partial charge in [-0.3, -0.25) is 4.79 Å². The lowest BCUT2D eigenvalue weighted by atomic mass is 10.2. The quantitative estimate of drug-likeness (QED) is 0.552. The van der Waals surface area contributed by atoms with Gasteiger partial charge in [0.15, 0.2) is 0 Å². The van der Waals surface area contributed by atoms with E-state index in [0.717, 1.165) is 33.8 Å². The molecule has 0 aliphatic heterocycles. The molecule has 1 amide bonds. The Morgan fingerprint density at radius 3 is 2.80 bits per heavy atom.